The van der Waals surface area contributed by atoms with Gasteiger partial charge in [0.05, 0.1) is 10.9 Å². The molecule has 126 valence electrons. The van der Waals surface area contributed by atoms with Crippen LogP contribution in [0, 0.1) is 4.77 Å². The summed E-state index contributed by atoms with van der Waals surface area (Å²) < 4.78 is 0.277. The number of thioether (sulfide) groups is 1. The first kappa shape index (κ1) is 15.9. The third-order valence-corrected chi connectivity index (χ3v) is 6.58. The molecule has 2 fully saturated rings. The van der Waals surface area contributed by atoms with Crippen molar-refractivity contribution in [2.24, 2.45) is 0 Å². The smallest absolute Gasteiger partial charge is 0.259 e. The number of aromatic amines is 2. The summed E-state index contributed by atoms with van der Waals surface area (Å²) in [7, 11) is 0. The molecular formula is C17H19N3O2S2. The van der Waals surface area contributed by atoms with E-state index in [9.17, 15) is 9.59 Å². The maximum Gasteiger partial charge on any atom is 0.259 e. The van der Waals surface area contributed by atoms with Gasteiger partial charge in [-0.1, -0.05) is 12.8 Å². The van der Waals surface area contributed by atoms with Crippen LogP contribution in [-0.4, -0.2) is 44.4 Å². The molecule has 1 saturated carbocycles. The molecule has 2 aliphatic rings. The summed E-state index contributed by atoms with van der Waals surface area (Å²) in [6.45, 7) is 0.800. The van der Waals surface area contributed by atoms with Gasteiger partial charge in [0.15, 0.2) is 4.77 Å². The zero-order valence-electron chi connectivity index (χ0n) is 13.2. The van der Waals surface area contributed by atoms with Crippen LogP contribution < -0.4 is 5.56 Å². The molecule has 24 heavy (non-hydrogen) atoms. The van der Waals surface area contributed by atoms with Gasteiger partial charge in [0, 0.05) is 29.2 Å². The van der Waals surface area contributed by atoms with Crippen molar-refractivity contribution in [3.8, 4) is 0 Å². The van der Waals surface area contributed by atoms with Crippen molar-refractivity contribution in [1.29, 1.82) is 0 Å². The van der Waals surface area contributed by atoms with Gasteiger partial charge in [0.1, 0.15) is 0 Å². The maximum atomic E-state index is 13.1. The summed E-state index contributed by atoms with van der Waals surface area (Å²) in [5.74, 6) is 1.07. The number of carbonyl (C=O) groups is 1. The standard InChI is InChI=1S/C17H19N3O2S2/c21-15-11-6-5-10(9-12(11)18-17(23)19-15)16(22)20-7-8-24-14-4-2-1-3-13(14)20/h5-6,9,13-14H,1-4,7-8H2,(H2,18,19,21,23)/t13-,14+/m0/s1. The molecule has 2 heterocycles. The number of nitrogens with one attached hydrogen (secondary N) is 2. The van der Waals surface area contributed by atoms with Gasteiger partial charge in [-0.15, -0.1) is 0 Å². The van der Waals surface area contributed by atoms with Gasteiger partial charge in [-0.2, -0.15) is 11.8 Å². The number of aromatic nitrogens is 2. The predicted octanol–water partition coefficient (Wildman–Crippen LogP) is 3.09. The van der Waals surface area contributed by atoms with Crippen LogP contribution in [0.1, 0.15) is 36.0 Å². The van der Waals surface area contributed by atoms with Crippen molar-refractivity contribution in [3.63, 3.8) is 0 Å². The van der Waals surface area contributed by atoms with Crippen molar-refractivity contribution in [3.05, 3.63) is 38.9 Å². The Kier molecular flexibility index (Phi) is 4.22. The average molecular weight is 361 g/mol. The number of amides is 1. The Labute approximate surface area is 148 Å². The normalized spacial score (nSPS) is 23.9. The Morgan fingerprint density at radius 3 is 2.96 bits per heavy atom. The van der Waals surface area contributed by atoms with E-state index in [1.54, 1.807) is 18.2 Å². The summed E-state index contributed by atoms with van der Waals surface area (Å²) >= 11 is 7.04. The van der Waals surface area contributed by atoms with Gasteiger partial charge in [-0.3, -0.25) is 14.6 Å². The van der Waals surface area contributed by atoms with E-state index in [4.69, 9.17) is 12.2 Å². The van der Waals surface area contributed by atoms with Crippen LogP contribution in [0.4, 0.5) is 0 Å². The van der Waals surface area contributed by atoms with E-state index in [1.165, 1.54) is 19.3 Å². The van der Waals surface area contributed by atoms with Gasteiger partial charge in [0.25, 0.3) is 11.5 Å². The topological polar surface area (TPSA) is 69.0 Å². The zero-order valence-corrected chi connectivity index (χ0v) is 14.8. The van der Waals surface area contributed by atoms with Crippen LogP contribution in [0.2, 0.25) is 0 Å². The first-order valence-electron chi connectivity index (χ1n) is 8.32. The maximum absolute atomic E-state index is 13.1. The number of fused-ring (bicyclic) bond motifs is 2. The molecule has 0 spiro atoms. The lowest BCUT2D eigenvalue weighted by Crippen LogP contribution is -2.51. The predicted molar refractivity (Wildman–Crippen MR) is 99.3 cm³/mol. The summed E-state index contributed by atoms with van der Waals surface area (Å²) in [4.78, 5) is 32.6. The summed E-state index contributed by atoms with van der Waals surface area (Å²) in [5, 5.41) is 1.09. The molecule has 1 aliphatic carbocycles. The minimum atomic E-state index is -0.227. The van der Waals surface area contributed by atoms with E-state index in [2.05, 4.69) is 9.97 Å². The molecule has 1 aromatic heterocycles. The lowest BCUT2D eigenvalue weighted by atomic mass is 9.92. The minimum absolute atomic E-state index is 0.0636. The number of hydrogen-bond donors (Lipinski definition) is 2. The molecule has 0 radical (unpaired) electrons. The van der Waals surface area contributed by atoms with Crippen molar-refractivity contribution in [2.75, 3.05) is 12.3 Å². The van der Waals surface area contributed by atoms with Gasteiger partial charge in [-0.05, 0) is 43.3 Å². The Hall–Kier alpha value is -1.60. The van der Waals surface area contributed by atoms with E-state index < -0.39 is 0 Å². The molecule has 1 aliphatic heterocycles. The molecule has 5 nitrogen and oxygen atoms in total. The Morgan fingerprint density at radius 1 is 1.25 bits per heavy atom. The molecule has 2 N–H and O–H groups in total. The number of benzene rings is 1. The highest BCUT2D eigenvalue weighted by Gasteiger charge is 2.36. The summed E-state index contributed by atoms with van der Waals surface area (Å²) in [5.41, 5.74) is 1.01. The third kappa shape index (κ3) is 2.80. The number of H-pyrrole nitrogens is 2. The molecule has 1 amide bonds. The van der Waals surface area contributed by atoms with Crippen molar-refractivity contribution >= 4 is 40.8 Å². The zero-order chi connectivity index (χ0) is 16.7. The largest absolute Gasteiger partial charge is 0.334 e. The van der Waals surface area contributed by atoms with E-state index in [1.807, 2.05) is 16.7 Å². The fourth-order valence-electron chi connectivity index (χ4n) is 3.82. The van der Waals surface area contributed by atoms with E-state index >= 15 is 0 Å². The molecule has 7 heteroatoms. The number of rotatable bonds is 1. The van der Waals surface area contributed by atoms with Crippen LogP contribution >= 0.6 is 24.0 Å². The quantitative estimate of drug-likeness (QED) is 0.766. The van der Waals surface area contributed by atoms with Gasteiger partial charge < -0.3 is 9.88 Å². The lowest BCUT2D eigenvalue weighted by molar-refractivity contribution is 0.0646. The highest BCUT2D eigenvalue weighted by Crippen LogP contribution is 2.36. The molecule has 0 bridgehead atoms. The second-order valence-corrected chi connectivity index (χ2v) is 8.18. The molecule has 2 aromatic rings. The van der Waals surface area contributed by atoms with E-state index in [-0.39, 0.29) is 16.2 Å². The average Bonchev–Trinajstić information content (AvgIpc) is 2.60. The Bertz CT molecular complexity index is 903. The first-order valence-corrected chi connectivity index (χ1v) is 9.78. The van der Waals surface area contributed by atoms with Gasteiger partial charge >= 0.3 is 0 Å². The third-order valence-electron chi connectivity index (χ3n) is 4.98. The SMILES string of the molecule is O=C(c1ccc2c(=O)[nH]c(=S)[nH]c2c1)N1CCS[C@@H]2CCCC[C@@H]21. The van der Waals surface area contributed by atoms with Gasteiger partial charge in [0.2, 0.25) is 0 Å². The second-order valence-electron chi connectivity index (χ2n) is 6.43. The second kappa shape index (κ2) is 6.37. The summed E-state index contributed by atoms with van der Waals surface area (Å²) in [6, 6.07) is 5.54. The molecule has 1 aromatic carbocycles. The highest BCUT2D eigenvalue weighted by molar-refractivity contribution is 8.00. The molecular weight excluding hydrogens is 342 g/mol. The molecule has 0 unspecified atom stereocenters. The highest BCUT2D eigenvalue weighted by atomic mass is 32.2. The van der Waals surface area contributed by atoms with E-state index in [0.717, 1.165) is 18.7 Å². The number of carbonyl (C=O) groups excluding carboxylic acids is 1. The first-order chi connectivity index (χ1) is 11.6. The fourth-order valence-corrected chi connectivity index (χ4v) is 5.46. The van der Waals surface area contributed by atoms with Crippen LogP contribution in [0.15, 0.2) is 23.0 Å². The van der Waals surface area contributed by atoms with Crippen LogP contribution in [-0.2, 0) is 0 Å². The minimum Gasteiger partial charge on any atom is -0.334 e. The van der Waals surface area contributed by atoms with Crippen molar-refractivity contribution in [1.82, 2.24) is 14.9 Å². The lowest BCUT2D eigenvalue weighted by Gasteiger charge is -2.43. The number of hydrogen-bond acceptors (Lipinski definition) is 4. The molecule has 2 atom stereocenters. The molecule has 4 rings (SSSR count). The monoisotopic (exact) mass is 361 g/mol. The van der Waals surface area contributed by atoms with Crippen LogP contribution in [0.5, 0.6) is 0 Å². The van der Waals surface area contributed by atoms with Crippen molar-refractivity contribution in [2.45, 2.75) is 37.0 Å². The number of nitrogens with zero attached hydrogens (tertiary/aromatic N) is 1. The van der Waals surface area contributed by atoms with Crippen LogP contribution in [0.25, 0.3) is 10.9 Å². The van der Waals surface area contributed by atoms with Crippen molar-refractivity contribution < 1.29 is 4.79 Å². The summed E-state index contributed by atoms with van der Waals surface area (Å²) in [6.07, 6.45) is 4.77. The fraction of sp³-hybridized carbons (Fsp3) is 0.471. The van der Waals surface area contributed by atoms with Crippen LogP contribution in [0.3, 0.4) is 0 Å². The van der Waals surface area contributed by atoms with Gasteiger partial charge in [-0.25, -0.2) is 0 Å². The molecule has 1 saturated heterocycles. The Morgan fingerprint density at radius 2 is 2.08 bits per heavy atom. The van der Waals surface area contributed by atoms with E-state index in [0.29, 0.717) is 27.8 Å². The Balaban J connectivity index is 1.70.